The van der Waals surface area contributed by atoms with Gasteiger partial charge in [-0.3, -0.25) is 19.1 Å². The van der Waals surface area contributed by atoms with Gasteiger partial charge >= 0.3 is 5.69 Å². The molecule has 4 rings (SSSR count). The van der Waals surface area contributed by atoms with Crippen LogP contribution in [-0.4, -0.2) is 64.9 Å². The lowest BCUT2D eigenvalue weighted by atomic mass is 9.97. The van der Waals surface area contributed by atoms with Crippen molar-refractivity contribution >= 4 is 29.3 Å². The molecule has 2 aromatic rings. The topological polar surface area (TPSA) is 120 Å². The zero-order valence-electron chi connectivity index (χ0n) is 19.3. The van der Waals surface area contributed by atoms with Gasteiger partial charge in [-0.1, -0.05) is 11.8 Å². The van der Waals surface area contributed by atoms with Crippen LogP contribution in [0.4, 0.5) is 5.69 Å². The van der Waals surface area contributed by atoms with Crippen LogP contribution in [-0.2, 0) is 28.9 Å². The number of ether oxygens (including phenoxy) is 1. The van der Waals surface area contributed by atoms with Crippen molar-refractivity contribution in [1.82, 2.24) is 14.5 Å². The van der Waals surface area contributed by atoms with Crippen LogP contribution in [0.2, 0.25) is 0 Å². The maximum absolute atomic E-state index is 12.9. The van der Waals surface area contributed by atoms with Crippen molar-refractivity contribution in [1.29, 1.82) is 0 Å². The Morgan fingerprint density at radius 3 is 2.56 bits per heavy atom. The number of nitrogens with zero attached hydrogens (tertiary/aromatic N) is 3. The molecule has 1 fully saturated rings. The van der Waals surface area contributed by atoms with E-state index in [-0.39, 0.29) is 17.3 Å². The molecule has 1 aliphatic heterocycles. The van der Waals surface area contributed by atoms with Crippen LogP contribution >= 0.6 is 11.8 Å². The number of fused-ring (bicyclic) bond motifs is 1. The van der Waals surface area contributed by atoms with Crippen molar-refractivity contribution in [2.45, 2.75) is 43.7 Å². The monoisotopic (exact) mass is 485 g/mol. The van der Waals surface area contributed by atoms with Gasteiger partial charge in [-0.15, -0.1) is 0 Å². The highest BCUT2D eigenvalue weighted by Gasteiger charge is 2.21. The first kappa shape index (κ1) is 24.4. The second-order valence-electron chi connectivity index (χ2n) is 8.57. The smallest absolute Gasteiger partial charge is 0.348 e. The van der Waals surface area contributed by atoms with E-state index in [9.17, 15) is 14.4 Å². The molecule has 0 spiro atoms. The van der Waals surface area contributed by atoms with E-state index >= 15 is 0 Å². The number of thioether (sulfide) groups is 1. The molecule has 182 valence electrons. The van der Waals surface area contributed by atoms with Crippen molar-refractivity contribution in [3.63, 3.8) is 0 Å². The second kappa shape index (κ2) is 11.6. The summed E-state index contributed by atoms with van der Waals surface area (Å²) in [5.41, 5.74) is 8.18. The molecule has 0 bridgehead atoms. The maximum atomic E-state index is 12.9. The third-order valence-corrected chi connectivity index (χ3v) is 7.22. The fraction of sp³-hybridized carbons (Fsp3) is 0.500. The standard InChI is InChI=1S/C24H31N5O4S/c25-22(31)17-6-8-18(9-7-17)26-21(30)16-34-23-19-4-1-2-5-20(19)29(24(32)27-23)11-3-10-28-12-14-33-15-13-28/h6-9H,1-5,10-16H2,(H2,25,31)(H,26,30). The summed E-state index contributed by atoms with van der Waals surface area (Å²) in [5.74, 6) is -0.560. The van der Waals surface area contributed by atoms with Crippen molar-refractivity contribution < 1.29 is 14.3 Å². The number of nitrogens with two attached hydrogens (primary N) is 1. The zero-order valence-corrected chi connectivity index (χ0v) is 20.1. The number of anilines is 1. The summed E-state index contributed by atoms with van der Waals surface area (Å²) in [6.45, 7) is 5.04. The van der Waals surface area contributed by atoms with E-state index in [0.717, 1.165) is 76.2 Å². The predicted octanol–water partition coefficient (Wildman–Crippen LogP) is 1.67. The molecule has 0 atom stereocenters. The van der Waals surface area contributed by atoms with E-state index in [2.05, 4.69) is 15.2 Å². The van der Waals surface area contributed by atoms with Crippen LogP contribution in [0.3, 0.4) is 0 Å². The third-order valence-electron chi connectivity index (χ3n) is 6.20. The molecule has 1 aromatic heterocycles. The van der Waals surface area contributed by atoms with Gasteiger partial charge < -0.3 is 15.8 Å². The Kier molecular flexibility index (Phi) is 8.36. The van der Waals surface area contributed by atoms with Gasteiger partial charge in [0.1, 0.15) is 5.03 Å². The molecule has 0 unspecified atom stereocenters. The number of morpholine rings is 1. The second-order valence-corrected chi connectivity index (χ2v) is 9.53. The Morgan fingerprint density at radius 2 is 1.82 bits per heavy atom. The Bertz CT molecular complexity index is 1080. The van der Waals surface area contributed by atoms with Gasteiger partial charge in [0.2, 0.25) is 11.8 Å². The summed E-state index contributed by atoms with van der Waals surface area (Å²) in [4.78, 5) is 43.3. The summed E-state index contributed by atoms with van der Waals surface area (Å²) in [5, 5.41) is 3.48. The Morgan fingerprint density at radius 1 is 1.09 bits per heavy atom. The lowest BCUT2D eigenvalue weighted by molar-refractivity contribution is -0.113. The molecular weight excluding hydrogens is 454 g/mol. The molecule has 9 nitrogen and oxygen atoms in total. The molecule has 34 heavy (non-hydrogen) atoms. The van der Waals surface area contributed by atoms with E-state index in [0.29, 0.717) is 22.8 Å². The molecule has 1 aliphatic carbocycles. The average molecular weight is 486 g/mol. The predicted molar refractivity (Wildman–Crippen MR) is 131 cm³/mol. The van der Waals surface area contributed by atoms with E-state index in [4.69, 9.17) is 10.5 Å². The molecule has 2 heterocycles. The summed E-state index contributed by atoms with van der Waals surface area (Å²) in [6, 6.07) is 6.42. The highest BCUT2D eigenvalue weighted by molar-refractivity contribution is 8.00. The van der Waals surface area contributed by atoms with E-state index in [1.165, 1.54) is 11.8 Å². The van der Waals surface area contributed by atoms with Crippen molar-refractivity contribution in [2.75, 3.05) is 43.9 Å². The number of benzene rings is 1. The van der Waals surface area contributed by atoms with Crippen LogP contribution in [0.25, 0.3) is 0 Å². The third kappa shape index (κ3) is 6.25. The average Bonchev–Trinajstić information content (AvgIpc) is 2.85. The number of amides is 2. The summed E-state index contributed by atoms with van der Waals surface area (Å²) < 4.78 is 7.25. The first-order valence-corrected chi connectivity index (χ1v) is 12.7. The van der Waals surface area contributed by atoms with Gasteiger partial charge in [-0.05, 0) is 56.4 Å². The van der Waals surface area contributed by atoms with Gasteiger partial charge in [0.25, 0.3) is 0 Å². The minimum absolute atomic E-state index is 0.150. The Balaban J connectivity index is 1.38. The zero-order chi connectivity index (χ0) is 23.9. The molecular formula is C24H31N5O4S. The molecule has 3 N–H and O–H groups in total. The largest absolute Gasteiger partial charge is 0.379 e. The van der Waals surface area contributed by atoms with Crippen LogP contribution in [0.1, 0.15) is 40.9 Å². The summed E-state index contributed by atoms with van der Waals surface area (Å²) >= 11 is 1.31. The van der Waals surface area contributed by atoms with Crippen molar-refractivity contribution in [3.8, 4) is 0 Å². The first-order valence-electron chi connectivity index (χ1n) is 11.8. The Hall–Kier alpha value is -2.69. The number of nitrogens with one attached hydrogen (secondary N) is 1. The number of hydrogen-bond donors (Lipinski definition) is 2. The van der Waals surface area contributed by atoms with Crippen LogP contribution in [0, 0.1) is 0 Å². The number of hydrogen-bond acceptors (Lipinski definition) is 7. The fourth-order valence-electron chi connectivity index (χ4n) is 4.42. The van der Waals surface area contributed by atoms with Crippen molar-refractivity contribution in [3.05, 3.63) is 51.6 Å². The van der Waals surface area contributed by atoms with Crippen LogP contribution < -0.4 is 16.7 Å². The van der Waals surface area contributed by atoms with Gasteiger partial charge in [0, 0.05) is 48.7 Å². The van der Waals surface area contributed by atoms with E-state index < -0.39 is 5.91 Å². The number of primary amides is 1. The minimum Gasteiger partial charge on any atom is -0.379 e. The number of carbonyl (C=O) groups is 2. The lowest BCUT2D eigenvalue weighted by Gasteiger charge is -2.27. The molecule has 2 amide bonds. The van der Waals surface area contributed by atoms with Crippen LogP contribution in [0.5, 0.6) is 0 Å². The minimum atomic E-state index is -0.514. The van der Waals surface area contributed by atoms with Crippen LogP contribution in [0.15, 0.2) is 34.1 Å². The van der Waals surface area contributed by atoms with E-state index in [1.54, 1.807) is 24.3 Å². The van der Waals surface area contributed by atoms with Gasteiger partial charge in [0.15, 0.2) is 0 Å². The molecule has 0 radical (unpaired) electrons. The van der Waals surface area contributed by atoms with Crippen molar-refractivity contribution in [2.24, 2.45) is 5.73 Å². The summed E-state index contributed by atoms with van der Waals surface area (Å²) in [6.07, 6.45) is 4.77. The first-order chi connectivity index (χ1) is 16.5. The van der Waals surface area contributed by atoms with Gasteiger partial charge in [-0.2, -0.15) is 4.98 Å². The molecule has 2 aliphatic rings. The number of rotatable bonds is 9. The fourth-order valence-corrected chi connectivity index (χ4v) is 5.30. The normalized spacial score (nSPS) is 16.1. The Labute approximate surface area is 203 Å². The highest BCUT2D eigenvalue weighted by Crippen LogP contribution is 2.28. The van der Waals surface area contributed by atoms with Gasteiger partial charge in [-0.25, -0.2) is 4.79 Å². The maximum Gasteiger partial charge on any atom is 0.348 e. The van der Waals surface area contributed by atoms with E-state index in [1.807, 2.05) is 4.57 Å². The lowest BCUT2D eigenvalue weighted by Crippen LogP contribution is -2.38. The van der Waals surface area contributed by atoms with Gasteiger partial charge in [0.05, 0.1) is 19.0 Å². The number of aromatic nitrogens is 2. The molecule has 10 heteroatoms. The molecule has 1 aromatic carbocycles. The highest BCUT2D eigenvalue weighted by atomic mass is 32.2. The summed E-state index contributed by atoms with van der Waals surface area (Å²) in [7, 11) is 0. The SMILES string of the molecule is NC(=O)c1ccc(NC(=O)CSc2nc(=O)n(CCCN3CCOCC3)c3c2CCCC3)cc1. The molecule has 0 saturated carbocycles. The number of carbonyl (C=O) groups excluding carboxylic acids is 2. The quantitative estimate of drug-likeness (QED) is 0.410. The molecule has 1 saturated heterocycles.